The van der Waals surface area contributed by atoms with Crippen molar-refractivity contribution in [3.63, 3.8) is 0 Å². The maximum absolute atomic E-state index is 12.6. The molecular formula is C45H76N2O4. The summed E-state index contributed by atoms with van der Waals surface area (Å²) >= 11 is 0. The highest BCUT2D eigenvalue weighted by molar-refractivity contribution is 5.98. The molecular weight excluding hydrogens is 633 g/mol. The highest BCUT2D eigenvalue weighted by Gasteiger charge is 2.31. The standard InChI is InChI=1S/C24H35NO2.C10H15NO2.C7H16.C4H10/c1-8-15(2)21(26)20-14-19-22(27-20)17(23(3,4)5)13-18(25-19)16-9-11-24(6,7)12-10-16;1-4-5-9(3)11-7-6-8(2)10(12)13;1-5-6-7(2,3)4;1-3-4-2/h13-16H,8-12H2,1-7H3;6-7H,2,4-5H2,1,3H3,(H,12,13);5-6H2,1-4H3;3-4H2,1-2H3/b;7-6-,11-9?;;. The lowest BCUT2D eigenvalue weighted by Crippen LogP contribution is -2.21. The predicted molar refractivity (Wildman–Crippen MR) is 220 cm³/mol. The lowest BCUT2D eigenvalue weighted by Gasteiger charge is -2.34. The number of fused-ring (bicyclic) bond motifs is 1. The van der Waals surface area contributed by atoms with E-state index in [4.69, 9.17) is 14.5 Å². The van der Waals surface area contributed by atoms with Crippen LogP contribution in [0, 0.1) is 16.7 Å². The summed E-state index contributed by atoms with van der Waals surface area (Å²) in [5, 5.41) is 8.45. The van der Waals surface area contributed by atoms with E-state index in [1.165, 1.54) is 69.3 Å². The van der Waals surface area contributed by atoms with Crippen molar-refractivity contribution in [3.05, 3.63) is 53.6 Å². The largest absolute Gasteiger partial charge is 0.478 e. The molecule has 2 aromatic heterocycles. The molecule has 1 saturated carbocycles. The zero-order chi connectivity index (χ0) is 39.6. The summed E-state index contributed by atoms with van der Waals surface area (Å²) in [7, 11) is 0. The van der Waals surface area contributed by atoms with E-state index in [9.17, 15) is 9.59 Å². The predicted octanol–water partition coefficient (Wildman–Crippen LogP) is 14.1. The van der Waals surface area contributed by atoms with Crippen molar-refractivity contribution >= 4 is 28.6 Å². The first-order chi connectivity index (χ1) is 23.6. The topological polar surface area (TPSA) is 92.8 Å². The number of ketones is 1. The van der Waals surface area contributed by atoms with Crippen molar-refractivity contribution < 1.29 is 19.1 Å². The summed E-state index contributed by atoms with van der Waals surface area (Å²) in [6.45, 7) is 36.1. The molecule has 0 saturated heterocycles. The molecule has 6 nitrogen and oxygen atoms in total. The van der Waals surface area contributed by atoms with Gasteiger partial charge in [-0.05, 0) is 80.3 Å². The van der Waals surface area contributed by atoms with Crippen molar-refractivity contribution in [2.45, 2.75) is 186 Å². The van der Waals surface area contributed by atoms with Crippen LogP contribution in [0.25, 0.3) is 11.1 Å². The smallest absolute Gasteiger partial charge is 0.335 e. The molecule has 0 aliphatic heterocycles. The van der Waals surface area contributed by atoms with Gasteiger partial charge in [0, 0.05) is 41.1 Å². The monoisotopic (exact) mass is 709 g/mol. The lowest BCUT2D eigenvalue weighted by molar-refractivity contribution is -0.132. The molecule has 0 spiro atoms. The van der Waals surface area contributed by atoms with Gasteiger partial charge in [-0.1, -0.05) is 129 Å². The summed E-state index contributed by atoms with van der Waals surface area (Å²) in [6.07, 6.45) is 15.8. The number of aliphatic carboxylic acids is 1. The van der Waals surface area contributed by atoms with Crippen LogP contribution in [0.15, 0.2) is 46.0 Å². The fourth-order valence-electron chi connectivity index (χ4n) is 5.56. The maximum atomic E-state index is 12.6. The third-order valence-corrected chi connectivity index (χ3v) is 9.32. The van der Waals surface area contributed by atoms with Gasteiger partial charge in [-0.15, -0.1) is 0 Å². The van der Waals surface area contributed by atoms with Crippen LogP contribution >= 0.6 is 0 Å². The summed E-state index contributed by atoms with van der Waals surface area (Å²) in [5.41, 5.74) is 5.95. The first kappa shape index (κ1) is 48.0. The van der Waals surface area contributed by atoms with Crippen LogP contribution in [-0.4, -0.2) is 27.6 Å². The second-order valence-corrected chi connectivity index (χ2v) is 17.4. The number of hydrogen-bond donors (Lipinski definition) is 1. The summed E-state index contributed by atoms with van der Waals surface area (Å²) in [6, 6.07) is 4.11. The number of pyridine rings is 1. The van der Waals surface area contributed by atoms with Crippen LogP contribution in [0.5, 0.6) is 0 Å². The third-order valence-electron chi connectivity index (χ3n) is 9.32. The average molecular weight is 709 g/mol. The van der Waals surface area contributed by atoms with Crippen molar-refractivity contribution in [2.75, 3.05) is 0 Å². The van der Waals surface area contributed by atoms with Crippen molar-refractivity contribution in [3.8, 4) is 0 Å². The molecule has 51 heavy (non-hydrogen) atoms. The second kappa shape index (κ2) is 22.8. The van der Waals surface area contributed by atoms with Crippen LogP contribution in [0.3, 0.4) is 0 Å². The number of carboxylic acid groups (broad SMARTS) is 1. The van der Waals surface area contributed by atoms with Crippen LogP contribution in [0.2, 0.25) is 0 Å². The Morgan fingerprint density at radius 2 is 1.57 bits per heavy atom. The summed E-state index contributed by atoms with van der Waals surface area (Å²) in [4.78, 5) is 32.0. The van der Waals surface area contributed by atoms with Gasteiger partial charge in [0.15, 0.2) is 11.3 Å². The number of carboxylic acids is 1. The van der Waals surface area contributed by atoms with Crippen LogP contribution < -0.4 is 0 Å². The summed E-state index contributed by atoms with van der Waals surface area (Å²) in [5.74, 6) is 0.00559. The fraction of sp³-hybridized carbons (Fsp3) is 0.689. The maximum Gasteiger partial charge on any atom is 0.335 e. The molecule has 1 N–H and O–H groups in total. The van der Waals surface area contributed by atoms with E-state index in [1.807, 2.05) is 26.8 Å². The number of carbonyl (C=O) groups is 2. The molecule has 0 amide bonds. The van der Waals surface area contributed by atoms with Gasteiger partial charge >= 0.3 is 5.97 Å². The molecule has 0 radical (unpaired) electrons. The van der Waals surface area contributed by atoms with Crippen molar-refractivity contribution in [1.29, 1.82) is 0 Å². The quantitative estimate of drug-likeness (QED) is 0.109. The average Bonchev–Trinajstić information content (AvgIpc) is 3.47. The number of unbranched alkanes of at least 4 members (excludes halogenated alkanes) is 1. The fourth-order valence-corrected chi connectivity index (χ4v) is 5.56. The number of carbonyl (C=O) groups excluding carboxylic acids is 1. The minimum absolute atomic E-state index is 0.0244. The molecule has 0 bridgehead atoms. The molecule has 2 aromatic rings. The molecule has 0 aromatic carbocycles. The highest BCUT2D eigenvalue weighted by atomic mass is 16.4. The Morgan fingerprint density at radius 3 is 1.98 bits per heavy atom. The van der Waals surface area contributed by atoms with Crippen molar-refractivity contribution in [1.82, 2.24) is 4.98 Å². The molecule has 1 atom stereocenters. The number of nitrogens with zero attached hydrogens (tertiary/aromatic N) is 2. The number of Topliss-reactive ketones (excluding diaryl/α,β-unsaturated/α-hetero) is 1. The molecule has 1 fully saturated rings. The minimum Gasteiger partial charge on any atom is -0.478 e. The minimum atomic E-state index is -1.01. The normalized spacial score (nSPS) is 15.5. The van der Waals surface area contributed by atoms with E-state index in [1.54, 1.807) is 0 Å². The molecule has 1 aliphatic carbocycles. The van der Waals surface area contributed by atoms with Crippen LogP contribution in [0.1, 0.15) is 202 Å². The zero-order valence-corrected chi connectivity index (χ0v) is 35.5. The SMILES string of the molecule is C=C(/C=C\N=C(C)CCC)C(=O)O.CCC(C)C(=O)c1cc2nc(C3CCC(C)(C)CC3)cc(C(C)(C)C)c2o1.CCCC.CCCC(C)(C)C. The van der Waals surface area contributed by atoms with Gasteiger partial charge in [0.2, 0.25) is 5.78 Å². The molecule has 2 heterocycles. The van der Waals surface area contributed by atoms with Gasteiger partial charge in [0.25, 0.3) is 0 Å². The number of rotatable bonds is 11. The van der Waals surface area contributed by atoms with Gasteiger partial charge in [-0.3, -0.25) is 9.79 Å². The van der Waals surface area contributed by atoms with E-state index in [2.05, 4.69) is 101 Å². The van der Waals surface area contributed by atoms with Gasteiger partial charge < -0.3 is 9.52 Å². The second-order valence-electron chi connectivity index (χ2n) is 17.4. The van der Waals surface area contributed by atoms with E-state index in [0.717, 1.165) is 41.6 Å². The Bertz CT molecular complexity index is 1400. The van der Waals surface area contributed by atoms with Gasteiger partial charge in [0.1, 0.15) is 5.52 Å². The van der Waals surface area contributed by atoms with Crippen LogP contribution in [-0.2, 0) is 10.2 Å². The molecule has 6 heteroatoms. The number of hydrogen-bond acceptors (Lipinski definition) is 5. The highest BCUT2D eigenvalue weighted by Crippen LogP contribution is 2.43. The number of aromatic nitrogens is 1. The zero-order valence-electron chi connectivity index (χ0n) is 35.5. The van der Waals surface area contributed by atoms with Gasteiger partial charge in [0.05, 0.1) is 5.57 Å². The van der Waals surface area contributed by atoms with E-state index < -0.39 is 5.97 Å². The van der Waals surface area contributed by atoms with Crippen molar-refractivity contribution in [2.24, 2.45) is 21.7 Å². The van der Waals surface area contributed by atoms with Crippen LogP contribution in [0.4, 0.5) is 0 Å². The lowest BCUT2D eigenvalue weighted by atomic mass is 9.72. The Morgan fingerprint density at radius 1 is 1.00 bits per heavy atom. The molecule has 1 aliphatic rings. The number of furan rings is 1. The van der Waals surface area contributed by atoms with E-state index in [0.29, 0.717) is 22.5 Å². The Kier molecular flexibility index (Phi) is 21.5. The van der Waals surface area contributed by atoms with E-state index >= 15 is 0 Å². The Balaban J connectivity index is 0.000000862. The number of aliphatic imine (C=N–C) groups is 1. The Hall–Kier alpha value is -3.02. The molecule has 1 unspecified atom stereocenters. The van der Waals surface area contributed by atoms with Gasteiger partial charge in [-0.2, -0.15) is 0 Å². The molecule has 290 valence electrons. The van der Waals surface area contributed by atoms with Gasteiger partial charge in [-0.25, -0.2) is 9.78 Å². The third kappa shape index (κ3) is 18.9. The summed E-state index contributed by atoms with van der Waals surface area (Å²) < 4.78 is 6.07. The first-order valence-electron chi connectivity index (χ1n) is 19.7. The first-order valence-corrected chi connectivity index (χ1v) is 19.7. The Labute approximate surface area is 313 Å². The van der Waals surface area contributed by atoms with E-state index in [-0.39, 0.29) is 22.7 Å². The molecule has 3 rings (SSSR count).